The van der Waals surface area contributed by atoms with Gasteiger partial charge < -0.3 is 10.1 Å². The van der Waals surface area contributed by atoms with Crippen LogP contribution in [0.1, 0.15) is 5.56 Å². The van der Waals surface area contributed by atoms with E-state index in [1.165, 1.54) is 30.0 Å². The first-order chi connectivity index (χ1) is 17.3. The quantitative estimate of drug-likeness (QED) is 0.250. The summed E-state index contributed by atoms with van der Waals surface area (Å²) >= 11 is 7.80. The van der Waals surface area contributed by atoms with Gasteiger partial charge in [0.05, 0.1) is 15.6 Å². The number of para-hydroxylation sites is 1. The molecule has 0 heterocycles. The Bertz CT molecular complexity index is 1460. The Morgan fingerprint density at radius 1 is 0.917 bits per heavy atom. The van der Waals surface area contributed by atoms with Crippen molar-refractivity contribution in [1.29, 1.82) is 0 Å². The topological polar surface area (TPSA) is 84.5 Å². The van der Waals surface area contributed by atoms with Gasteiger partial charge in [-0.15, -0.1) is 0 Å². The molecule has 0 spiro atoms. The fraction of sp³-hybridized carbons (Fsp3) is 0.0741. The number of nitrogens with one attached hydrogen (secondary N) is 2. The van der Waals surface area contributed by atoms with E-state index in [-0.39, 0.29) is 28.2 Å². The van der Waals surface area contributed by atoms with E-state index in [1.54, 1.807) is 12.1 Å². The van der Waals surface area contributed by atoms with Crippen molar-refractivity contribution in [3.63, 3.8) is 0 Å². The summed E-state index contributed by atoms with van der Waals surface area (Å²) in [4.78, 5) is 14.5. The molecule has 4 aromatic rings. The summed E-state index contributed by atoms with van der Waals surface area (Å²) in [5.41, 5.74) is 2.12. The lowest BCUT2D eigenvalue weighted by Crippen LogP contribution is -2.20. The van der Waals surface area contributed by atoms with Gasteiger partial charge >= 0.3 is 0 Å². The van der Waals surface area contributed by atoms with Crippen molar-refractivity contribution < 1.29 is 17.9 Å². The molecule has 0 saturated carbocycles. The Morgan fingerprint density at radius 3 is 2.33 bits per heavy atom. The van der Waals surface area contributed by atoms with Crippen LogP contribution in [-0.2, 0) is 14.8 Å². The molecule has 0 bridgehead atoms. The van der Waals surface area contributed by atoms with Crippen LogP contribution in [0, 0.1) is 6.92 Å². The second-order valence-electron chi connectivity index (χ2n) is 7.81. The van der Waals surface area contributed by atoms with E-state index in [0.717, 1.165) is 15.4 Å². The third-order valence-corrected chi connectivity index (χ3v) is 7.77. The summed E-state index contributed by atoms with van der Waals surface area (Å²) in [5, 5.41) is 2.93. The largest absolute Gasteiger partial charge is 0.482 e. The molecular weight excluding hydrogens is 516 g/mol. The summed E-state index contributed by atoms with van der Waals surface area (Å²) < 4.78 is 33.5. The first kappa shape index (κ1) is 25.6. The van der Waals surface area contributed by atoms with Crippen molar-refractivity contribution in [2.45, 2.75) is 21.6 Å². The molecule has 184 valence electrons. The molecule has 0 aliphatic rings. The highest BCUT2D eigenvalue weighted by Crippen LogP contribution is 2.33. The number of amides is 1. The molecule has 9 heteroatoms. The lowest BCUT2D eigenvalue weighted by atomic mass is 10.2. The molecule has 4 aromatic carbocycles. The highest BCUT2D eigenvalue weighted by atomic mass is 35.5. The minimum Gasteiger partial charge on any atom is -0.482 e. The number of rotatable bonds is 9. The van der Waals surface area contributed by atoms with Crippen LogP contribution in [0.25, 0.3) is 0 Å². The van der Waals surface area contributed by atoms with Crippen molar-refractivity contribution >= 4 is 50.7 Å². The summed E-state index contributed by atoms with van der Waals surface area (Å²) in [6.07, 6.45) is 0. The molecule has 0 aliphatic carbocycles. The lowest BCUT2D eigenvalue weighted by molar-refractivity contribution is -0.118. The monoisotopic (exact) mass is 538 g/mol. The SMILES string of the molecule is Cc1ccc(NS(=O)(=O)c2ccc(OCC(=O)Nc3ccccc3Sc3ccccc3)c(Cl)c2)cc1. The molecule has 0 atom stereocenters. The molecule has 36 heavy (non-hydrogen) atoms. The van der Waals surface area contributed by atoms with Crippen molar-refractivity contribution in [2.24, 2.45) is 0 Å². The van der Waals surface area contributed by atoms with Gasteiger partial charge in [-0.25, -0.2) is 8.42 Å². The molecule has 1 amide bonds. The standard InChI is InChI=1S/C27H23ClN2O4S2/c1-19-11-13-20(14-12-19)30-36(32,33)22-15-16-25(23(28)17-22)34-18-27(31)29-24-9-5-6-10-26(24)35-21-7-3-2-4-8-21/h2-17,30H,18H2,1H3,(H,29,31). The maximum atomic E-state index is 12.7. The molecule has 0 aromatic heterocycles. The van der Waals surface area contributed by atoms with Crippen LogP contribution in [0.15, 0.2) is 112 Å². The molecule has 6 nitrogen and oxygen atoms in total. The van der Waals surface area contributed by atoms with Crippen molar-refractivity contribution in [2.75, 3.05) is 16.6 Å². The number of aryl methyl sites for hydroxylation is 1. The van der Waals surface area contributed by atoms with Gasteiger partial charge in [-0.1, -0.05) is 71.4 Å². The highest BCUT2D eigenvalue weighted by molar-refractivity contribution is 7.99. The predicted octanol–water partition coefficient (Wildman–Crippen LogP) is 6.62. The van der Waals surface area contributed by atoms with Crippen LogP contribution in [0.2, 0.25) is 5.02 Å². The Morgan fingerprint density at radius 2 is 1.61 bits per heavy atom. The molecule has 0 saturated heterocycles. The number of halogens is 1. The van der Waals surface area contributed by atoms with Gasteiger partial charge in [-0.2, -0.15) is 0 Å². The minimum absolute atomic E-state index is 0.0169. The molecule has 4 rings (SSSR count). The van der Waals surface area contributed by atoms with E-state index in [1.807, 2.05) is 73.7 Å². The van der Waals surface area contributed by atoms with Crippen molar-refractivity contribution in [3.05, 3.63) is 108 Å². The Hall–Kier alpha value is -3.46. The fourth-order valence-electron chi connectivity index (χ4n) is 3.21. The molecule has 0 aliphatic heterocycles. The zero-order chi connectivity index (χ0) is 25.5. The first-order valence-corrected chi connectivity index (χ1v) is 13.6. The van der Waals surface area contributed by atoms with E-state index < -0.39 is 10.0 Å². The van der Waals surface area contributed by atoms with E-state index in [0.29, 0.717) is 11.4 Å². The Balaban J connectivity index is 1.38. The van der Waals surface area contributed by atoms with E-state index >= 15 is 0 Å². The maximum absolute atomic E-state index is 12.7. The lowest BCUT2D eigenvalue weighted by Gasteiger charge is -2.13. The first-order valence-electron chi connectivity index (χ1n) is 10.9. The molecule has 0 unspecified atom stereocenters. The Kier molecular flexibility index (Phi) is 8.20. The van der Waals surface area contributed by atoms with Gasteiger partial charge in [0.1, 0.15) is 5.75 Å². The van der Waals surface area contributed by atoms with Crippen LogP contribution in [0.5, 0.6) is 5.75 Å². The third kappa shape index (κ3) is 6.81. The van der Waals surface area contributed by atoms with Gasteiger partial charge in [0.15, 0.2) is 6.61 Å². The summed E-state index contributed by atoms with van der Waals surface area (Å²) in [6.45, 7) is 1.62. The number of benzene rings is 4. The summed E-state index contributed by atoms with van der Waals surface area (Å²) in [5.74, 6) is -0.169. The van der Waals surface area contributed by atoms with Gasteiger partial charge in [0.25, 0.3) is 15.9 Å². The van der Waals surface area contributed by atoms with Gasteiger partial charge in [0.2, 0.25) is 0 Å². The van der Waals surface area contributed by atoms with E-state index in [2.05, 4.69) is 10.0 Å². The summed E-state index contributed by atoms with van der Waals surface area (Å²) in [6, 6.07) is 28.4. The van der Waals surface area contributed by atoms with Crippen molar-refractivity contribution in [1.82, 2.24) is 0 Å². The number of hydrogen-bond acceptors (Lipinski definition) is 5. The average Bonchev–Trinajstić information content (AvgIpc) is 2.86. The fourth-order valence-corrected chi connectivity index (χ4v) is 5.51. The maximum Gasteiger partial charge on any atom is 0.262 e. The number of anilines is 2. The summed E-state index contributed by atoms with van der Waals surface area (Å²) in [7, 11) is -3.84. The van der Waals surface area contributed by atoms with Gasteiger partial charge in [-0.3, -0.25) is 9.52 Å². The van der Waals surface area contributed by atoms with Crippen LogP contribution < -0.4 is 14.8 Å². The molecule has 0 fully saturated rings. The zero-order valence-corrected chi connectivity index (χ0v) is 21.7. The van der Waals surface area contributed by atoms with Crippen LogP contribution in [0.4, 0.5) is 11.4 Å². The number of hydrogen-bond donors (Lipinski definition) is 2. The van der Waals surface area contributed by atoms with Gasteiger partial charge in [-0.05, 0) is 61.5 Å². The number of carbonyl (C=O) groups excluding carboxylic acids is 1. The highest BCUT2D eigenvalue weighted by Gasteiger charge is 2.17. The van der Waals surface area contributed by atoms with E-state index in [4.69, 9.17) is 16.3 Å². The van der Waals surface area contributed by atoms with Crippen LogP contribution >= 0.6 is 23.4 Å². The normalized spacial score (nSPS) is 11.1. The second kappa shape index (κ2) is 11.5. The predicted molar refractivity (Wildman–Crippen MR) is 145 cm³/mol. The van der Waals surface area contributed by atoms with Crippen molar-refractivity contribution in [3.8, 4) is 5.75 Å². The Labute approximate surface area is 219 Å². The van der Waals surface area contributed by atoms with Crippen LogP contribution in [0.3, 0.4) is 0 Å². The number of carbonyl (C=O) groups is 1. The molecule has 2 N–H and O–H groups in total. The second-order valence-corrected chi connectivity index (χ2v) is 11.0. The smallest absolute Gasteiger partial charge is 0.262 e. The third-order valence-electron chi connectivity index (χ3n) is 5.01. The van der Waals surface area contributed by atoms with Crippen LogP contribution in [-0.4, -0.2) is 20.9 Å². The zero-order valence-electron chi connectivity index (χ0n) is 19.3. The van der Waals surface area contributed by atoms with Gasteiger partial charge in [0, 0.05) is 15.5 Å². The van der Waals surface area contributed by atoms with E-state index in [9.17, 15) is 13.2 Å². The molecular formula is C27H23ClN2O4S2. The minimum atomic E-state index is -3.84. The molecule has 0 radical (unpaired) electrons. The number of sulfonamides is 1. The number of ether oxygens (including phenoxy) is 1. The average molecular weight is 539 g/mol.